The first-order valence-corrected chi connectivity index (χ1v) is 8.01. The number of carbonyl (C=O) groups is 1. The van der Waals surface area contributed by atoms with Crippen molar-refractivity contribution in [3.8, 4) is 34.2 Å². The zero-order valence-electron chi connectivity index (χ0n) is 14.4. The molecule has 0 amide bonds. The molecule has 0 aliphatic rings. The second-order valence-electron chi connectivity index (χ2n) is 5.68. The van der Waals surface area contributed by atoms with Crippen LogP contribution in [0.25, 0.3) is 22.7 Å². The summed E-state index contributed by atoms with van der Waals surface area (Å²) in [7, 11) is 1.49. The highest BCUT2D eigenvalue weighted by molar-refractivity contribution is 5.98. The van der Waals surface area contributed by atoms with Gasteiger partial charge in [0.2, 0.25) is 5.89 Å². The molecule has 5 nitrogen and oxygen atoms in total. The van der Waals surface area contributed by atoms with E-state index in [1.807, 2.05) is 32.0 Å². The number of phenols is 1. The van der Waals surface area contributed by atoms with E-state index in [9.17, 15) is 9.90 Å². The van der Waals surface area contributed by atoms with Crippen molar-refractivity contribution in [2.75, 3.05) is 7.11 Å². The van der Waals surface area contributed by atoms with Gasteiger partial charge in [0, 0.05) is 23.1 Å². The molecule has 1 heterocycles. The molecule has 0 saturated carbocycles. The van der Waals surface area contributed by atoms with Gasteiger partial charge in [0.1, 0.15) is 12.0 Å². The minimum Gasteiger partial charge on any atom is -0.504 e. The number of methoxy groups -OCH3 is 1. The molecule has 0 bridgehead atoms. The monoisotopic (exact) mass is 337 g/mol. The van der Waals surface area contributed by atoms with Gasteiger partial charge >= 0.3 is 0 Å². The number of benzene rings is 2. The number of rotatable bonds is 5. The lowest BCUT2D eigenvalue weighted by atomic mass is 9.97. The molecule has 0 spiro atoms. The number of ketones is 1. The Labute approximate surface area is 145 Å². The van der Waals surface area contributed by atoms with Crippen LogP contribution >= 0.6 is 0 Å². The summed E-state index contributed by atoms with van der Waals surface area (Å²) in [6.07, 6.45) is 2.01. The molecule has 0 fully saturated rings. The predicted octanol–water partition coefficient (Wildman–Crippen LogP) is 4.62. The molecule has 0 aliphatic carbocycles. The van der Waals surface area contributed by atoms with Gasteiger partial charge in [0.05, 0.1) is 7.11 Å². The Morgan fingerprint density at radius 2 is 2.08 bits per heavy atom. The van der Waals surface area contributed by atoms with Gasteiger partial charge in [0.25, 0.3) is 0 Å². The van der Waals surface area contributed by atoms with Crippen molar-refractivity contribution in [2.45, 2.75) is 20.3 Å². The molecular weight excluding hydrogens is 318 g/mol. The number of hydrogen-bond donors (Lipinski definition) is 1. The Hall–Kier alpha value is -3.08. The van der Waals surface area contributed by atoms with E-state index in [2.05, 4.69) is 4.98 Å². The van der Waals surface area contributed by atoms with Crippen molar-refractivity contribution in [1.29, 1.82) is 0 Å². The van der Waals surface area contributed by atoms with Crippen LogP contribution in [0.1, 0.15) is 29.3 Å². The number of aromatic hydroxyl groups is 1. The molecule has 5 heteroatoms. The maximum absolute atomic E-state index is 12.1. The Bertz CT molecular complexity index is 927. The Morgan fingerprint density at radius 3 is 2.76 bits per heavy atom. The van der Waals surface area contributed by atoms with Crippen LogP contribution in [0.3, 0.4) is 0 Å². The second-order valence-corrected chi connectivity index (χ2v) is 5.68. The highest BCUT2D eigenvalue weighted by Gasteiger charge is 2.15. The largest absolute Gasteiger partial charge is 0.504 e. The summed E-state index contributed by atoms with van der Waals surface area (Å²) in [6, 6.07) is 10.5. The summed E-state index contributed by atoms with van der Waals surface area (Å²) in [5, 5.41) is 9.91. The van der Waals surface area contributed by atoms with Crippen LogP contribution in [0.4, 0.5) is 0 Å². The fourth-order valence-corrected chi connectivity index (χ4v) is 2.76. The third kappa shape index (κ3) is 3.13. The average Bonchev–Trinajstić information content (AvgIpc) is 3.11. The lowest BCUT2D eigenvalue weighted by molar-refractivity contribution is 0.0987. The van der Waals surface area contributed by atoms with E-state index in [-0.39, 0.29) is 11.5 Å². The van der Waals surface area contributed by atoms with E-state index in [4.69, 9.17) is 9.15 Å². The first-order valence-electron chi connectivity index (χ1n) is 8.01. The first-order chi connectivity index (χ1) is 12.0. The first kappa shape index (κ1) is 16.8. The molecule has 3 rings (SSSR count). The van der Waals surface area contributed by atoms with Gasteiger partial charge in [-0.25, -0.2) is 4.98 Å². The van der Waals surface area contributed by atoms with Crippen molar-refractivity contribution < 1.29 is 19.1 Å². The minimum atomic E-state index is 0.0199. The summed E-state index contributed by atoms with van der Waals surface area (Å²) < 4.78 is 10.6. The Balaban J connectivity index is 2.00. The molecule has 0 atom stereocenters. The zero-order chi connectivity index (χ0) is 18.0. The molecule has 1 N–H and O–H groups in total. The summed E-state index contributed by atoms with van der Waals surface area (Å²) in [5.74, 6) is 0.895. The average molecular weight is 337 g/mol. The topological polar surface area (TPSA) is 72.6 Å². The van der Waals surface area contributed by atoms with Crippen LogP contribution < -0.4 is 4.74 Å². The zero-order valence-corrected chi connectivity index (χ0v) is 14.4. The summed E-state index contributed by atoms with van der Waals surface area (Å²) in [5.41, 5.74) is 3.72. The number of nitrogens with zero attached hydrogens (tertiary/aromatic N) is 1. The van der Waals surface area contributed by atoms with Crippen LogP contribution in [0, 0.1) is 6.92 Å². The van der Waals surface area contributed by atoms with E-state index in [1.54, 1.807) is 24.5 Å². The van der Waals surface area contributed by atoms with E-state index < -0.39 is 0 Å². The van der Waals surface area contributed by atoms with Gasteiger partial charge in [0.15, 0.2) is 17.3 Å². The highest BCUT2D eigenvalue weighted by atomic mass is 16.5. The van der Waals surface area contributed by atoms with E-state index in [0.717, 1.165) is 11.1 Å². The highest BCUT2D eigenvalue weighted by Crippen LogP contribution is 2.33. The number of carbonyl (C=O) groups excluding carboxylic acids is 1. The van der Waals surface area contributed by atoms with Crippen molar-refractivity contribution >= 4 is 5.78 Å². The normalized spacial score (nSPS) is 10.7. The lowest BCUT2D eigenvalue weighted by Gasteiger charge is -2.07. The van der Waals surface area contributed by atoms with Crippen LogP contribution in [0.5, 0.6) is 11.5 Å². The number of phenolic OH excluding ortho intramolecular Hbond substituents is 1. The number of oxazole rings is 1. The fraction of sp³-hybridized carbons (Fsp3) is 0.200. The lowest BCUT2D eigenvalue weighted by Crippen LogP contribution is -2.01. The van der Waals surface area contributed by atoms with Crippen LogP contribution in [0.15, 0.2) is 47.1 Å². The Morgan fingerprint density at radius 1 is 1.28 bits per heavy atom. The van der Waals surface area contributed by atoms with Gasteiger partial charge in [-0.05, 0) is 30.7 Å². The third-order valence-electron chi connectivity index (χ3n) is 4.16. The van der Waals surface area contributed by atoms with Gasteiger partial charge in [-0.1, -0.05) is 25.1 Å². The van der Waals surface area contributed by atoms with Gasteiger partial charge in [-0.15, -0.1) is 0 Å². The van der Waals surface area contributed by atoms with Crippen LogP contribution in [0.2, 0.25) is 0 Å². The molecule has 25 heavy (non-hydrogen) atoms. The number of aromatic nitrogens is 1. The molecular formula is C20H19NO4. The SMILES string of the molecule is CCC(=O)c1cccc(-c2coc(-c3ccc(OC)c(O)c3)n2)c1C. The molecule has 0 saturated heterocycles. The maximum Gasteiger partial charge on any atom is 0.226 e. The minimum absolute atomic E-state index is 0.0199. The van der Waals surface area contributed by atoms with Gasteiger partial charge in [-0.3, -0.25) is 4.79 Å². The van der Waals surface area contributed by atoms with E-state index >= 15 is 0 Å². The molecule has 3 aromatic rings. The van der Waals surface area contributed by atoms with Crippen LogP contribution in [-0.2, 0) is 0 Å². The molecule has 2 aromatic carbocycles. The quantitative estimate of drug-likeness (QED) is 0.688. The number of Topliss-reactive ketones (excluding diaryl/α,β-unsaturated/α-hetero) is 1. The second kappa shape index (κ2) is 6.81. The fourth-order valence-electron chi connectivity index (χ4n) is 2.76. The maximum atomic E-state index is 12.1. The molecule has 0 aliphatic heterocycles. The van der Waals surface area contributed by atoms with Gasteiger partial charge in [-0.2, -0.15) is 0 Å². The summed E-state index contributed by atoms with van der Waals surface area (Å²) in [6.45, 7) is 3.75. The summed E-state index contributed by atoms with van der Waals surface area (Å²) >= 11 is 0. The van der Waals surface area contributed by atoms with Crippen molar-refractivity contribution in [2.24, 2.45) is 0 Å². The molecule has 0 unspecified atom stereocenters. The molecule has 1 aromatic heterocycles. The predicted molar refractivity (Wildman–Crippen MR) is 95.0 cm³/mol. The van der Waals surface area contributed by atoms with Crippen LogP contribution in [-0.4, -0.2) is 23.0 Å². The van der Waals surface area contributed by atoms with Gasteiger partial charge < -0.3 is 14.3 Å². The molecule has 128 valence electrons. The van der Waals surface area contributed by atoms with E-state index in [0.29, 0.717) is 34.9 Å². The van der Waals surface area contributed by atoms with Crippen molar-refractivity contribution in [1.82, 2.24) is 4.98 Å². The summed E-state index contributed by atoms with van der Waals surface area (Å²) in [4.78, 5) is 16.6. The number of ether oxygens (including phenoxy) is 1. The van der Waals surface area contributed by atoms with Crippen molar-refractivity contribution in [3.05, 3.63) is 53.8 Å². The standard InChI is InChI=1S/C20H19NO4/c1-4-17(22)15-7-5-6-14(12(15)2)16-11-25-20(21-16)13-8-9-19(24-3)18(23)10-13/h5-11,23H,4H2,1-3H3. The molecule has 0 radical (unpaired) electrons. The smallest absolute Gasteiger partial charge is 0.226 e. The van der Waals surface area contributed by atoms with Crippen molar-refractivity contribution in [3.63, 3.8) is 0 Å². The Kier molecular flexibility index (Phi) is 4.57. The third-order valence-corrected chi connectivity index (χ3v) is 4.16. The number of hydrogen-bond acceptors (Lipinski definition) is 5. The van der Waals surface area contributed by atoms with E-state index in [1.165, 1.54) is 7.11 Å².